The number of aryl methyl sites for hydroxylation is 1. The minimum Gasteiger partial charge on any atom is -0.481 e. The number of carbonyl (C=O) groups excluding carboxylic acids is 1. The fourth-order valence-electron chi connectivity index (χ4n) is 3.01. The van der Waals surface area contributed by atoms with Crippen LogP contribution >= 0.6 is 0 Å². The van der Waals surface area contributed by atoms with Gasteiger partial charge in [-0.2, -0.15) is 5.10 Å². The third-order valence-corrected chi connectivity index (χ3v) is 4.37. The molecule has 1 aromatic heterocycles. The zero-order valence-corrected chi connectivity index (χ0v) is 15.5. The Morgan fingerprint density at radius 2 is 1.69 bits per heavy atom. The van der Waals surface area contributed by atoms with Crippen LogP contribution in [-0.2, 0) is 4.79 Å². The van der Waals surface area contributed by atoms with Crippen LogP contribution in [-0.4, -0.2) is 33.3 Å². The summed E-state index contributed by atoms with van der Waals surface area (Å²) in [5, 5.41) is 16.1. The van der Waals surface area contributed by atoms with Crippen LogP contribution in [0.1, 0.15) is 60.3 Å². The highest BCUT2D eigenvalue weighted by molar-refractivity contribution is 5.96. The van der Waals surface area contributed by atoms with Crippen molar-refractivity contribution >= 4 is 11.9 Å². The molecule has 0 radical (unpaired) electrons. The van der Waals surface area contributed by atoms with Gasteiger partial charge in [0.25, 0.3) is 5.91 Å². The number of nitrogens with one attached hydrogen (secondary N) is 1. The van der Waals surface area contributed by atoms with Gasteiger partial charge in [0, 0.05) is 13.0 Å². The molecule has 26 heavy (non-hydrogen) atoms. The first-order chi connectivity index (χ1) is 12.5. The molecule has 0 unspecified atom stereocenters. The normalized spacial score (nSPS) is 10.7. The molecule has 2 aromatic rings. The second kappa shape index (κ2) is 9.75. The summed E-state index contributed by atoms with van der Waals surface area (Å²) in [6.07, 6.45) is 4.75. The quantitative estimate of drug-likeness (QED) is 0.636. The maximum atomic E-state index is 12.5. The Labute approximate surface area is 154 Å². The number of amides is 1. The topological polar surface area (TPSA) is 84.2 Å². The van der Waals surface area contributed by atoms with Crippen molar-refractivity contribution in [2.24, 2.45) is 0 Å². The number of nitrogens with zero attached hydrogens (tertiary/aromatic N) is 2. The van der Waals surface area contributed by atoms with E-state index in [9.17, 15) is 9.59 Å². The molecule has 1 aromatic carbocycles. The van der Waals surface area contributed by atoms with Gasteiger partial charge in [0.2, 0.25) is 0 Å². The number of aromatic nitrogens is 2. The second-order valence-corrected chi connectivity index (χ2v) is 6.46. The summed E-state index contributed by atoms with van der Waals surface area (Å²) in [7, 11) is 0. The first kappa shape index (κ1) is 19.7. The highest BCUT2D eigenvalue weighted by Crippen LogP contribution is 2.17. The van der Waals surface area contributed by atoms with Gasteiger partial charge in [0.1, 0.15) is 0 Å². The summed E-state index contributed by atoms with van der Waals surface area (Å²) in [4.78, 5) is 22.9. The van der Waals surface area contributed by atoms with Crippen LogP contribution in [0.25, 0.3) is 5.69 Å². The fraction of sp³-hybridized carbons (Fsp3) is 0.450. The zero-order valence-electron chi connectivity index (χ0n) is 15.5. The molecular formula is C20H27N3O3. The third-order valence-electron chi connectivity index (χ3n) is 4.37. The minimum atomic E-state index is -0.737. The predicted octanol–water partition coefficient (Wildman–Crippen LogP) is 3.64. The molecule has 0 fully saturated rings. The van der Waals surface area contributed by atoms with Crippen molar-refractivity contribution in [1.82, 2.24) is 15.1 Å². The van der Waals surface area contributed by atoms with Crippen LogP contribution in [0, 0.1) is 13.8 Å². The summed E-state index contributed by atoms with van der Waals surface area (Å²) < 4.78 is 1.80. The smallest absolute Gasteiger partial charge is 0.303 e. The van der Waals surface area contributed by atoms with E-state index < -0.39 is 5.97 Å². The molecule has 0 aliphatic heterocycles. The van der Waals surface area contributed by atoms with Crippen molar-refractivity contribution in [1.29, 1.82) is 0 Å². The first-order valence-electron chi connectivity index (χ1n) is 9.12. The molecule has 1 amide bonds. The van der Waals surface area contributed by atoms with Crippen LogP contribution in [0.15, 0.2) is 30.3 Å². The van der Waals surface area contributed by atoms with Crippen molar-refractivity contribution in [3.05, 3.63) is 47.3 Å². The number of hydrogen-bond donors (Lipinski definition) is 2. The lowest BCUT2D eigenvalue weighted by atomic mass is 10.1. The Hall–Kier alpha value is -2.63. The molecule has 0 aliphatic rings. The van der Waals surface area contributed by atoms with Crippen LogP contribution in [0.2, 0.25) is 0 Å². The van der Waals surface area contributed by atoms with E-state index in [0.717, 1.165) is 49.2 Å². The summed E-state index contributed by atoms with van der Waals surface area (Å²) in [6.45, 7) is 4.38. The van der Waals surface area contributed by atoms with Crippen molar-refractivity contribution in [2.45, 2.75) is 52.4 Å². The van der Waals surface area contributed by atoms with E-state index in [-0.39, 0.29) is 12.3 Å². The zero-order chi connectivity index (χ0) is 18.9. The molecule has 140 valence electrons. The van der Waals surface area contributed by atoms with Gasteiger partial charge in [0.05, 0.1) is 22.6 Å². The molecule has 2 rings (SSSR count). The molecule has 2 N–H and O–H groups in total. The number of rotatable bonds is 10. The van der Waals surface area contributed by atoms with Gasteiger partial charge in [-0.3, -0.25) is 9.59 Å². The molecule has 0 saturated carbocycles. The lowest BCUT2D eigenvalue weighted by Crippen LogP contribution is -2.25. The highest BCUT2D eigenvalue weighted by Gasteiger charge is 2.18. The van der Waals surface area contributed by atoms with Gasteiger partial charge in [0.15, 0.2) is 0 Å². The van der Waals surface area contributed by atoms with Gasteiger partial charge >= 0.3 is 5.97 Å². The third kappa shape index (κ3) is 5.44. The van der Waals surface area contributed by atoms with Crippen LogP contribution < -0.4 is 5.32 Å². The molecule has 0 saturated heterocycles. The average molecular weight is 357 g/mol. The molecule has 0 atom stereocenters. The van der Waals surface area contributed by atoms with Crippen molar-refractivity contribution in [2.75, 3.05) is 6.54 Å². The molecule has 0 bridgehead atoms. The van der Waals surface area contributed by atoms with Gasteiger partial charge in [-0.1, -0.05) is 37.5 Å². The highest BCUT2D eigenvalue weighted by atomic mass is 16.4. The van der Waals surface area contributed by atoms with Crippen molar-refractivity contribution < 1.29 is 14.7 Å². The monoisotopic (exact) mass is 357 g/mol. The minimum absolute atomic E-state index is 0.0898. The molecule has 1 heterocycles. The van der Waals surface area contributed by atoms with Crippen molar-refractivity contribution in [3.8, 4) is 5.69 Å². The molecule has 6 heteroatoms. The van der Waals surface area contributed by atoms with Gasteiger partial charge in [-0.25, -0.2) is 4.68 Å². The molecule has 0 spiro atoms. The summed E-state index contributed by atoms with van der Waals surface area (Å²) in [5.41, 5.74) is 3.13. The lowest BCUT2D eigenvalue weighted by molar-refractivity contribution is -0.137. The van der Waals surface area contributed by atoms with E-state index in [1.54, 1.807) is 4.68 Å². The maximum Gasteiger partial charge on any atom is 0.303 e. The number of carbonyl (C=O) groups is 2. The number of aliphatic carboxylic acids is 1. The van der Waals surface area contributed by atoms with Crippen molar-refractivity contribution in [3.63, 3.8) is 0 Å². The maximum absolute atomic E-state index is 12.5. The molecule has 0 aliphatic carbocycles. The average Bonchev–Trinajstić information content (AvgIpc) is 2.92. The number of para-hydroxylation sites is 1. The largest absolute Gasteiger partial charge is 0.481 e. The van der Waals surface area contributed by atoms with Crippen LogP contribution in [0.4, 0.5) is 0 Å². The summed E-state index contributed by atoms with van der Waals surface area (Å²) in [5.74, 6) is -0.827. The fourth-order valence-corrected chi connectivity index (χ4v) is 3.01. The Bertz CT molecular complexity index is 738. The number of hydrogen-bond acceptors (Lipinski definition) is 3. The van der Waals surface area contributed by atoms with Gasteiger partial charge < -0.3 is 10.4 Å². The molecular weight excluding hydrogens is 330 g/mol. The number of carboxylic acid groups (broad SMARTS) is 1. The first-order valence-corrected chi connectivity index (χ1v) is 9.12. The summed E-state index contributed by atoms with van der Waals surface area (Å²) >= 11 is 0. The van der Waals surface area contributed by atoms with Gasteiger partial charge in [-0.05, 0) is 38.8 Å². The van der Waals surface area contributed by atoms with E-state index in [0.29, 0.717) is 12.1 Å². The Morgan fingerprint density at radius 1 is 1.04 bits per heavy atom. The standard InChI is InChI=1S/C20H27N3O3/c1-15-19(16(2)23(22-15)17-11-7-6-8-12-17)20(26)21-14-10-5-3-4-9-13-18(24)25/h6-8,11-12H,3-5,9-10,13-14H2,1-2H3,(H,21,26)(H,24,25). The van der Waals surface area contributed by atoms with Crippen LogP contribution in [0.5, 0.6) is 0 Å². The summed E-state index contributed by atoms with van der Waals surface area (Å²) in [6, 6.07) is 9.77. The Kier molecular flexibility index (Phi) is 7.38. The number of benzene rings is 1. The van der Waals surface area contributed by atoms with E-state index in [1.165, 1.54) is 0 Å². The van der Waals surface area contributed by atoms with E-state index in [2.05, 4.69) is 10.4 Å². The van der Waals surface area contributed by atoms with E-state index in [4.69, 9.17) is 5.11 Å². The predicted molar refractivity (Wildman–Crippen MR) is 101 cm³/mol. The van der Waals surface area contributed by atoms with Gasteiger partial charge in [-0.15, -0.1) is 0 Å². The number of carboxylic acids is 1. The van der Waals surface area contributed by atoms with E-state index >= 15 is 0 Å². The number of unbranched alkanes of at least 4 members (excludes halogenated alkanes) is 4. The lowest BCUT2D eigenvalue weighted by Gasteiger charge is -2.07. The molecule has 6 nitrogen and oxygen atoms in total. The Balaban J connectivity index is 1.81. The van der Waals surface area contributed by atoms with Crippen LogP contribution in [0.3, 0.4) is 0 Å². The SMILES string of the molecule is Cc1nn(-c2ccccc2)c(C)c1C(=O)NCCCCCCCC(=O)O. The van der Waals surface area contributed by atoms with E-state index in [1.807, 2.05) is 44.2 Å². The Morgan fingerprint density at radius 3 is 2.38 bits per heavy atom. The second-order valence-electron chi connectivity index (χ2n) is 6.46.